The van der Waals surface area contributed by atoms with Crippen molar-refractivity contribution in [3.8, 4) is 0 Å². The highest BCUT2D eigenvalue weighted by Crippen LogP contribution is 2.28. The third-order valence-electron chi connectivity index (χ3n) is 5.37. The van der Waals surface area contributed by atoms with E-state index in [9.17, 15) is 4.79 Å². The first kappa shape index (κ1) is 13.5. The van der Waals surface area contributed by atoms with Crippen LogP contribution < -0.4 is 0 Å². The topological polar surface area (TPSA) is 41.4 Å². The zero-order chi connectivity index (χ0) is 14.2. The van der Waals surface area contributed by atoms with Gasteiger partial charge in [-0.25, -0.2) is 0 Å². The number of hydrogen-bond donors (Lipinski definition) is 0. The van der Waals surface area contributed by atoms with Gasteiger partial charge in [0.1, 0.15) is 0 Å². The summed E-state index contributed by atoms with van der Waals surface area (Å²) in [6.07, 6.45) is 7.66. The van der Waals surface area contributed by atoms with Gasteiger partial charge in [0.15, 0.2) is 5.78 Å². The molecule has 5 rings (SSSR count). The maximum atomic E-state index is 12.6. The number of fused-ring (bicyclic) bond motifs is 3. The molecule has 0 spiro atoms. The highest BCUT2D eigenvalue weighted by molar-refractivity contribution is 5.86. The molecule has 1 aromatic rings. The quantitative estimate of drug-likeness (QED) is 0.832. The third kappa shape index (κ3) is 2.64. The molecule has 21 heavy (non-hydrogen) atoms. The Labute approximate surface area is 125 Å². The molecule has 4 aliphatic rings. The van der Waals surface area contributed by atoms with Crippen LogP contribution in [0.4, 0.5) is 0 Å². The van der Waals surface area contributed by atoms with Crippen LogP contribution in [0.5, 0.6) is 0 Å². The lowest BCUT2D eigenvalue weighted by Gasteiger charge is -2.46. The SMILES string of the molecule is O=C(Cc1ccn(C2CCCC2)n1)C1CN2CCN1CC2. The number of hydrogen-bond acceptors (Lipinski definition) is 4. The average molecular weight is 288 g/mol. The Morgan fingerprint density at radius 3 is 2.62 bits per heavy atom. The van der Waals surface area contributed by atoms with Crippen LogP contribution >= 0.6 is 0 Å². The van der Waals surface area contributed by atoms with Crippen LogP contribution in [0.3, 0.4) is 0 Å². The van der Waals surface area contributed by atoms with Gasteiger partial charge in [-0.3, -0.25) is 19.3 Å². The molecule has 0 radical (unpaired) electrons. The molecule has 114 valence electrons. The van der Waals surface area contributed by atoms with Gasteiger partial charge >= 0.3 is 0 Å². The first-order valence-electron chi connectivity index (χ1n) is 8.33. The zero-order valence-corrected chi connectivity index (χ0v) is 12.6. The Hall–Kier alpha value is -1.20. The van der Waals surface area contributed by atoms with E-state index in [1.54, 1.807) is 0 Å². The van der Waals surface area contributed by atoms with Crippen LogP contribution in [0.15, 0.2) is 12.3 Å². The fourth-order valence-corrected chi connectivity index (χ4v) is 4.06. The van der Waals surface area contributed by atoms with Crippen molar-refractivity contribution in [2.45, 2.75) is 44.2 Å². The van der Waals surface area contributed by atoms with Gasteiger partial charge in [0, 0.05) is 38.9 Å². The molecule has 0 amide bonds. The van der Waals surface area contributed by atoms with Crippen LogP contribution in [0.25, 0.3) is 0 Å². The number of Topliss-reactive ketones (excluding diaryl/α,β-unsaturated/α-hetero) is 1. The number of carbonyl (C=O) groups excluding carboxylic acids is 1. The molecule has 1 atom stereocenters. The lowest BCUT2D eigenvalue weighted by atomic mass is 10.0. The van der Waals surface area contributed by atoms with Gasteiger partial charge in [-0.1, -0.05) is 12.8 Å². The fraction of sp³-hybridized carbons (Fsp3) is 0.750. The fourth-order valence-electron chi connectivity index (χ4n) is 4.06. The summed E-state index contributed by atoms with van der Waals surface area (Å²) >= 11 is 0. The highest BCUT2D eigenvalue weighted by Gasteiger charge is 2.36. The highest BCUT2D eigenvalue weighted by atomic mass is 16.1. The Bertz CT molecular complexity index is 512. The summed E-state index contributed by atoms with van der Waals surface area (Å²) in [5, 5.41) is 4.65. The minimum atomic E-state index is 0.101. The predicted octanol–water partition coefficient (Wildman–Crippen LogP) is 1.11. The van der Waals surface area contributed by atoms with Crippen molar-refractivity contribution in [1.29, 1.82) is 0 Å². The molecular formula is C16H24N4O. The Balaban J connectivity index is 1.40. The average Bonchev–Trinajstić information content (AvgIpc) is 3.19. The number of carbonyl (C=O) groups is 1. The molecule has 0 N–H and O–H groups in total. The first-order chi connectivity index (χ1) is 10.3. The second kappa shape index (κ2) is 5.54. The number of aromatic nitrogens is 2. The van der Waals surface area contributed by atoms with Crippen LogP contribution in [0.1, 0.15) is 37.4 Å². The largest absolute Gasteiger partial charge is 0.299 e. The molecule has 1 unspecified atom stereocenters. The van der Waals surface area contributed by atoms with E-state index in [1.807, 2.05) is 6.07 Å². The number of ketones is 1. The van der Waals surface area contributed by atoms with Crippen molar-refractivity contribution in [1.82, 2.24) is 19.6 Å². The summed E-state index contributed by atoms with van der Waals surface area (Å²) in [4.78, 5) is 17.3. The molecule has 1 saturated carbocycles. The molecule has 1 aromatic heterocycles. The van der Waals surface area contributed by atoms with Gasteiger partial charge in [0.2, 0.25) is 0 Å². The van der Waals surface area contributed by atoms with Crippen molar-refractivity contribution in [2.24, 2.45) is 0 Å². The molecular weight excluding hydrogens is 264 g/mol. The molecule has 2 bridgehead atoms. The van der Waals surface area contributed by atoms with Crippen molar-refractivity contribution in [3.63, 3.8) is 0 Å². The maximum absolute atomic E-state index is 12.6. The minimum absolute atomic E-state index is 0.101. The summed E-state index contributed by atoms with van der Waals surface area (Å²) in [6, 6.07) is 2.70. The summed E-state index contributed by atoms with van der Waals surface area (Å²) in [5.74, 6) is 0.344. The van der Waals surface area contributed by atoms with E-state index in [1.165, 1.54) is 25.7 Å². The van der Waals surface area contributed by atoms with Gasteiger partial charge in [-0.2, -0.15) is 5.10 Å². The number of nitrogens with zero attached hydrogens (tertiary/aromatic N) is 4. The van der Waals surface area contributed by atoms with Gasteiger partial charge in [0.05, 0.1) is 24.2 Å². The number of rotatable bonds is 4. The van der Waals surface area contributed by atoms with Gasteiger partial charge in [-0.05, 0) is 18.9 Å². The van der Waals surface area contributed by atoms with Crippen molar-refractivity contribution < 1.29 is 4.79 Å². The first-order valence-corrected chi connectivity index (χ1v) is 8.33. The summed E-state index contributed by atoms with van der Waals surface area (Å²) in [7, 11) is 0. The van der Waals surface area contributed by atoms with Crippen molar-refractivity contribution >= 4 is 5.78 Å². The molecule has 0 aromatic carbocycles. The summed E-state index contributed by atoms with van der Waals surface area (Å²) in [6.45, 7) is 5.27. The van der Waals surface area contributed by atoms with Crippen molar-refractivity contribution in [3.05, 3.63) is 18.0 Å². The second-order valence-electron chi connectivity index (χ2n) is 6.72. The standard InChI is InChI=1S/C16H24N4O/c21-16(15-12-18-7-9-19(15)10-8-18)11-13-5-6-20(17-13)14-3-1-2-4-14/h5-6,14-15H,1-4,7-12H2. The summed E-state index contributed by atoms with van der Waals surface area (Å²) in [5.41, 5.74) is 0.949. The van der Waals surface area contributed by atoms with Crippen LogP contribution in [0.2, 0.25) is 0 Å². The predicted molar refractivity (Wildman–Crippen MR) is 80.2 cm³/mol. The van der Waals surface area contributed by atoms with E-state index in [4.69, 9.17) is 0 Å². The lowest BCUT2D eigenvalue weighted by molar-refractivity contribution is -0.128. The third-order valence-corrected chi connectivity index (χ3v) is 5.37. The maximum Gasteiger partial charge on any atom is 0.157 e. The van der Waals surface area contributed by atoms with Gasteiger partial charge in [-0.15, -0.1) is 0 Å². The lowest BCUT2D eigenvalue weighted by Crippen LogP contribution is -2.63. The van der Waals surface area contributed by atoms with E-state index in [-0.39, 0.29) is 6.04 Å². The Morgan fingerprint density at radius 1 is 1.19 bits per heavy atom. The molecule has 5 heteroatoms. The molecule has 3 aliphatic heterocycles. The molecule has 4 heterocycles. The molecule has 5 nitrogen and oxygen atoms in total. The molecule has 3 saturated heterocycles. The van der Waals surface area contributed by atoms with E-state index >= 15 is 0 Å². The van der Waals surface area contributed by atoms with Crippen molar-refractivity contribution in [2.75, 3.05) is 32.7 Å². The summed E-state index contributed by atoms with van der Waals surface area (Å²) < 4.78 is 2.09. The molecule has 1 aliphatic carbocycles. The van der Waals surface area contributed by atoms with E-state index in [2.05, 4.69) is 25.8 Å². The van der Waals surface area contributed by atoms with Gasteiger partial charge < -0.3 is 0 Å². The van der Waals surface area contributed by atoms with Gasteiger partial charge in [0.25, 0.3) is 0 Å². The van der Waals surface area contributed by atoms with Crippen LogP contribution in [-0.2, 0) is 11.2 Å². The minimum Gasteiger partial charge on any atom is -0.299 e. The zero-order valence-electron chi connectivity index (χ0n) is 12.6. The van der Waals surface area contributed by atoms with Crippen LogP contribution in [0, 0.1) is 0 Å². The van der Waals surface area contributed by atoms with E-state index in [0.29, 0.717) is 18.2 Å². The van der Waals surface area contributed by atoms with E-state index < -0.39 is 0 Å². The number of piperazine rings is 3. The second-order valence-corrected chi connectivity index (χ2v) is 6.72. The Morgan fingerprint density at radius 2 is 1.95 bits per heavy atom. The van der Waals surface area contributed by atoms with Crippen LogP contribution in [-0.4, -0.2) is 64.1 Å². The molecule has 4 fully saturated rings. The van der Waals surface area contributed by atoms with E-state index in [0.717, 1.165) is 38.4 Å². The smallest absolute Gasteiger partial charge is 0.157 e. The normalized spacial score (nSPS) is 32.7. The Kier molecular flexibility index (Phi) is 3.55. The monoisotopic (exact) mass is 288 g/mol.